The normalized spacial score (nSPS) is 18.6. The molecule has 1 saturated heterocycles. The fourth-order valence-electron chi connectivity index (χ4n) is 3.19. The minimum atomic E-state index is -0.571. The second kappa shape index (κ2) is 10.2. The van der Waals surface area contributed by atoms with Crippen LogP contribution in [-0.2, 0) is 11.2 Å². The predicted octanol–water partition coefficient (Wildman–Crippen LogP) is 1.52. The molecule has 2 aromatic carbocycles. The van der Waals surface area contributed by atoms with Crippen molar-refractivity contribution < 1.29 is 14.7 Å². The fourth-order valence-corrected chi connectivity index (χ4v) is 3.19. The summed E-state index contributed by atoms with van der Waals surface area (Å²) in [4.78, 5) is 24.0. The predicted molar refractivity (Wildman–Crippen MR) is 112 cm³/mol. The lowest BCUT2D eigenvalue weighted by Crippen LogP contribution is -2.52. The Morgan fingerprint density at radius 2 is 1.89 bits per heavy atom. The van der Waals surface area contributed by atoms with Crippen LogP contribution in [0.3, 0.4) is 0 Å². The first-order valence-electron chi connectivity index (χ1n) is 9.16. The summed E-state index contributed by atoms with van der Waals surface area (Å²) in [6, 6.07) is 14.9. The van der Waals surface area contributed by atoms with Crippen molar-refractivity contribution in [3.8, 4) is 11.1 Å². The monoisotopic (exact) mass is 403 g/mol. The maximum Gasteiger partial charge on any atom is 0.251 e. The molecule has 4 N–H and O–H groups in total. The number of carbonyl (C=O) groups excluding carboxylic acids is 2. The molecule has 1 aliphatic heterocycles. The van der Waals surface area contributed by atoms with Gasteiger partial charge in [-0.3, -0.25) is 9.59 Å². The number of β-amino-alcohol motifs (C(OH)–C–C–N with tert-alkyl or cyclic N) is 1. The molecule has 0 radical (unpaired) electrons. The van der Waals surface area contributed by atoms with Crippen LogP contribution in [0.5, 0.6) is 0 Å². The standard InChI is InChI=1S/C21H25N3O3.ClH/c1-22-20(26)11-14-5-7-15(8-6-14)16-3-2-4-17(12-16)21(27)24-18-9-10-23-13-19(18)25;/h2-8,12,18-19,23,25H,9-11,13H2,1H3,(H,22,26)(H,24,27);1H/t18-,19-;/m1./s1. The minimum absolute atomic E-state index is 0. The highest BCUT2D eigenvalue weighted by atomic mass is 35.5. The molecule has 1 heterocycles. The molecule has 7 heteroatoms. The van der Waals surface area contributed by atoms with E-state index in [9.17, 15) is 14.7 Å². The van der Waals surface area contributed by atoms with Crippen LogP contribution in [0.1, 0.15) is 22.3 Å². The van der Waals surface area contributed by atoms with Gasteiger partial charge in [0.2, 0.25) is 5.91 Å². The Balaban J connectivity index is 0.00000280. The van der Waals surface area contributed by atoms with Crippen molar-refractivity contribution in [2.45, 2.75) is 25.0 Å². The van der Waals surface area contributed by atoms with Crippen molar-refractivity contribution in [1.82, 2.24) is 16.0 Å². The molecule has 0 aromatic heterocycles. The Kier molecular flexibility index (Phi) is 7.99. The van der Waals surface area contributed by atoms with Crippen LogP contribution in [-0.4, -0.2) is 49.2 Å². The van der Waals surface area contributed by atoms with Crippen LogP contribution in [0, 0.1) is 0 Å². The van der Waals surface area contributed by atoms with Crippen molar-refractivity contribution in [3.63, 3.8) is 0 Å². The highest BCUT2D eigenvalue weighted by Crippen LogP contribution is 2.21. The van der Waals surface area contributed by atoms with Gasteiger partial charge in [-0.25, -0.2) is 0 Å². The molecule has 0 spiro atoms. The zero-order valence-corrected chi connectivity index (χ0v) is 16.6. The number of hydrogen-bond acceptors (Lipinski definition) is 4. The number of nitrogens with one attached hydrogen (secondary N) is 3. The van der Waals surface area contributed by atoms with Gasteiger partial charge in [0.05, 0.1) is 18.6 Å². The molecular formula is C21H26ClN3O3. The summed E-state index contributed by atoms with van der Waals surface area (Å²) in [5.74, 6) is -0.208. The first-order valence-corrected chi connectivity index (χ1v) is 9.16. The molecule has 3 rings (SSSR count). The average molecular weight is 404 g/mol. The lowest BCUT2D eigenvalue weighted by atomic mass is 9.99. The summed E-state index contributed by atoms with van der Waals surface area (Å²) in [6.45, 7) is 1.28. The van der Waals surface area contributed by atoms with Gasteiger partial charge in [-0.05, 0) is 41.8 Å². The number of aliphatic hydroxyl groups excluding tert-OH is 1. The van der Waals surface area contributed by atoms with E-state index in [4.69, 9.17) is 0 Å². The number of aliphatic hydroxyl groups is 1. The number of piperidine rings is 1. The van der Waals surface area contributed by atoms with E-state index in [1.165, 1.54) is 0 Å². The summed E-state index contributed by atoms with van der Waals surface area (Å²) in [7, 11) is 1.62. The third-order valence-electron chi connectivity index (χ3n) is 4.82. The Hall–Kier alpha value is -2.41. The van der Waals surface area contributed by atoms with Gasteiger partial charge in [-0.2, -0.15) is 0 Å². The number of hydrogen-bond donors (Lipinski definition) is 4. The average Bonchev–Trinajstić information content (AvgIpc) is 2.70. The van der Waals surface area contributed by atoms with Crippen molar-refractivity contribution in [2.75, 3.05) is 20.1 Å². The van der Waals surface area contributed by atoms with Gasteiger partial charge in [-0.15, -0.1) is 12.4 Å². The number of carbonyl (C=O) groups is 2. The van der Waals surface area contributed by atoms with Crippen LogP contribution >= 0.6 is 12.4 Å². The highest BCUT2D eigenvalue weighted by Gasteiger charge is 2.24. The Bertz CT molecular complexity index is 811. The van der Waals surface area contributed by atoms with Gasteiger partial charge in [0.15, 0.2) is 0 Å². The maximum absolute atomic E-state index is 12.6. The molecule has 1 aliphatic rings. The van der Waals surface area contributed by atoms with Gasteiger partial charge in [-0.1, -0.05) is 36.4 Å². The van der Waals surface area contributed by atoms with Crippen molar-refractivity contribution >= 4 is 24.2 Å². The Morgan fingerprint density at radius 3 is 2.57 bits per heavy atom. The van der Waals surface area contributed by atoms with Crippen LogP contribution in [0.2, 0.25) is 0 Å². The van der Waals surface area contributed by atoms with Crippen LogP contribution < -0.4 is 16.0 Å². The number of likely N-dealkylation sites (N-methyl/N-ethyl adjacent to an activating group) is 1. The minimum Gasteiger partial charge on any atom is -0.390 e. The summed E-state index contributed by atoms with van der Waals surface area (Å²) in [6.07, 6.45) is 0.482. The maximum atomic E-state index is 12.6. The number of benzene rings is 2. The van der Waals surface area contributed by atoms with E-state index < -0.39 is 6.10 Å². The third kappa shape index (κ3) is 5.55. The molecule has 2 amide bonds. The first-order chi connectivity index (χ1) is 13.1. The Labute approximate surface area is 171 Å². The number of rotatable bonds is 5. The van der Waals surface area contributed by atoms with Gasteiger partial charge in [0, 0.05) is 19.2 Å². The first kappa shape index (κ1) is 21.9. The third-order valence-corrected chi connectivity index (χ3v) is 4.82. The van der Waals surface area contributed by atoms with Gasteiger partial charge >= 0.3 is 0 Å². The van der Waals surface area contributed by atoms with E-state index in [0.29, 0.717) is 24.9 Å². The van der Waals surface area contributed by atoms with Gasteiger partial charge < -0.3 is 21.1 Å². The zero-order valence-electron chi connectivity index (χ0n) is 15.8. The van der Waals surface area contributed by atoms with Crippen molar-refractivity contribution in [3.05, 3.63) is 59.7 Å². The lowest BCUT2D eigenvalue weighted by Gasteiger charge is -2.29. The molecule has 0 saturated carbocycles. The summed E-state index contributed by atoms with van der Waals surface area (Å²) in [5.41, 5.74) is 3.41. The van der Waals surface area contributed by atoms with E-state index in [1.807, 2.05) is 42.5 Å². The van der Waals surface area contributed by atoms with E-state index in [-0.39, 0.29) is 30.3 Å². The van der Waals surface area contributed by atoms with E-state index >= 15 is 0 Å². The van der Waals surface area contributed by atoms with E-state index in [1.54, 1.807) is 13.1 Å². The molecule has 6 nitrogen and oxygen atoms in total. The van der Waals surface area contributed by atoms with Crippen molar-refractivity contribution in [1.29, 1.82) is 0 Å². The molecule has 150 valence electrons. The molecule has 0 unspecified atom stereocenters. The molecule has 2 aromatic rings. The molecular weight excluding hydrogens is 378 g/mol. The highest BCUT2D eigenvalue weighted by molar-refractivity contribution is 5.95. The van der Waals surface area contributed by atoms with Crippen LogP contribution in [0.25, 0.3) is 11.1 Å². The fraction of sp³-hybridized carbons (Fsp3) is 0.333. The van der Waals surface area contributed by atoms with Gasteiger partial charge in [0.1, 0.15) is 0 Å². The molecule has 0 aliphatic carbocycles. The quantitative estimate of drug-likeness (QED) is 0.609. The number of halogens is 1. The summed E-state index contributed by atoms with van der Waals surface area (Å²) in [5, 5.41) is 18.6. The van der Waals surface area contributed by atoms with E-state index in [0.717, 1.165) is 23.2 Å². The van der Waals surface area contributed by atoms with Crippen LogP contribution in [0.4, 0.5) is 0 Å². The van der Waals surface area contributed by atoms with E-state index in [2.05, 4.69) is 16.0 Å². The molecule has 0 bridgehead atoms. The molecule has 1 fully saturated rings. The topological polar surface area (TPSA) is 90.5 Å². The lowest BCUT2D eigenvalue weighted by molar-refractivity contribution is -0.119. The second-order valence-corrected chi connectivity index (χ2v) is 6.77. The largest absolute Gasteiger partial charge is 0.390 e. The SMILES string of the molecule is CNC(=O)Cc1ccc(-c2cccc(C(=O)N[C@@H]3CCNC[C@H]3O)c2)cc1.Cl. The molecule has 2 atom stereocenters. The number of amides is 2. The van der Waals surface area contributed by atoms with Gasteiger partial charge in [0.25, 0.3) is 5.91 Å². The van der Waals surface area contributed by atoms with Crippen LogP contribution in [0.15, 0.2) is 48.5 Å². The summed E-state index contributed by atoms with van der Waals surface area (Å²) < 4.78 is 0. The molecule has 28 heavy (non-hydrogen) atoms. The van der Waals surface area contributed by atoms with Crippen molar-refractivity contribution in [2.24, 2.45) is 0 Å². The second-order valence-electron chi connectivity index (χ2n) is 6.77. The summed E-state index contributed by atoms with van der Waals surface area (Å²) >= 11 is 0. The smallest absolute Gasteiger partial charge is 0.251 e. The zero-order chi connectivity index (χ0) is 19.2. The Morgan fingerprint density at radius 1 is 1.14 bits per heavy atom.